The summed E-state index contributed by atoms with van der Waals surface area (Å²) in [4.78, 5) is 38.0. The fraction of sp³-hybridized carbons (Fsp3) is 0.809. The highest BCUT2D eigenvalue weighted by Crippen LogP contribution is 2.17. The van der Waals surface area contributed by atoms with E-state index in [0.717, 1.165) is 83.5 Å². The van der Waals surface area contributed by atoms with Crippen molar-refractivity contribution in [3.8, 4) is 0 Å². The van der Waals surface area contributed by atoms with Crippen LogP contribution in [0.2, 0.25) is 0 Å². The van der Waals surface area contributed by atoms with Crippen LogP contribution < -0.4 is 0 Å². The Balaban J connectivity index is 4.05. The van der Waals surface area contributed by atoms with Crippen LogP contribution >= 0.6 is 0 Å². The predicted octanol–water partition coefficient (Wildman–Crippen LogP) is 21.9. The van der Waals surface area contributed by atoms with Gasteiger partial charge in [0.1, 0.15) is 13.2 Å². The van der Waals surface area contributed by atoms with E-state index in [1.54, 1.807) is 0 Å². The van der Waals surface area contributed by atoms with Crippen molar-refractivity contribution in [2.24, 2.45) is 0 Å². The molecule has 0 aliphatic heterocycles. The van der Waals surface area contributed by atoms with E-state index in [0.29, 0.717) is 19.3 Å². The molecule has 6 heteroatoms. The second-order valence-corrected chi connectivity index (χ2v) is 21.7. The number of allylic oxidation sites excluding steroid dienone is 10. The van der Waals surface area contributed by atoms with Crippen LogP contribution in [0, 0.1) is 0 Å². The van der Waals surface area contributed by atoms with Crippen LogP contribution in [0.25, 0.3) is 0 Å². The summed E-state index contributed by atoms with van der Waals surface area (Å²) in [5.74, 6) is -0.874. The van der Waals surface area contributed by atoms with Crippen molar-refractivity contribution < 1.29 is 28.6 Å². The number of rotatable bonds is 59. The summed E-state index contributed by atoms with van der Waals surface area (Å²) >= 11 is 0. The Hall–Kier alpha value is -2.89. The fourth-order valence-electron chi connectivity index (χ4n) is 9.36. The largest absolute Gasteiger partial charge is 0.462 e. The summed E-state index contributed by atoms with van der Waals surface area (Å²) < 4.78 is 16.8. The van der Waals surface area contributed by atoms with Gasteiger partial charge >= 0.3 is 17.9 Å². The number of esters is 3. The van der Waals surface area contributed by atoms with Crippen molar-refractivity contribution in [3.05, 3.63) is 60.8 Å². The molecule has 0 saturated carbocycles. The van der Waals surface area contributed by atoms with Gasteiger partial charge in [-0.05, 0) is 89.9 Å². The first kappa shape index (κ1) is 71.1. The molecule has 0 amide bonds. The third kappa shape index (κ3) is 60.0. The monoisotopic (exact) mass is 1030 g/mol. The number of hydrogen-bond acceptors (Lipinski definition) is 6. The highest BCUT2D eigenvalue weighted by molar-refractivity contribution is 5.71. The highest BCUT2D eigenvalue weighted by atomic mass is 16.6. The topological polar surface area (TPSA) is 78.9 Å². The molecule has 0 spiro atoms. The van der Waals surface area contributed by atoms with E-state index < -0.39 is 6.10 Å². The average Bonchev–Trinajstić information content (AvgIpc) is 3.40. The molecule has 0 aliphatic carbocycles. The molecule has 0 saturated heterocycles. The Morgan fingerprint density at radius 1 is 0.270 bits per heavy atom. The number of ether oxygens (including phenoxy) is 3. The summed E-state index contributed by atoms with van der Waals surface area (Å²) in [5.41, 5.74) is 0. The average molecular weight is 1040 g/mol. The second kappa shape index (κ2) is 62.6. The first-order chi connectivity index (χ1) is 36.5. The first-order valence-electron chi connectivity index (χ1n) is 32.3. The lowest BCUT2D eigenvalue weighted by molar-refractivity contribution is -0.167. The molecule has 0 aromatic rings. The lowest BCUT2D eigenvalue weighted by atomic mass is 10.0. The molecular formula is C68H122O6. The number of hydrogen-bond donors (Lipinski definition) is 0. The van der Waals surface area contributed by atoms with Gasteiger partial charge in [0.25, 0.3) is 0 Å². The van der Waals surface area contributed by atoms with E-state index in [4.69, 9.17) is 14.2 Å². The molecule has 0 N–H and O–H groups in total. The summed E-state index contributed by atoms with van der Waals surface area (Å²) in [6.45, 7) is 6.60. The van der Waals surface area contributed by atoms with Crippen LogP contribution in [0.3, 0.4) is 0 Å². The minimum Gasteiger partial charge on any atom is -0.462 e. The van der Waals surface area contributed by atoms with E-state index in [-0.39, 0.29) is 31.1 Å². The van der Waals surface area contributed by atoms with Crippen molar-refractivity contribution in [1.82, 2.24) is 0 Å². The van der Waals surface area contributed by atoms with Gasteiger partial charge in [0.2, 0.25) is 0 Å². The van der Waals surface area contributed by atoms with Crippen molar-refractivity contribution in [1.29, 1.82) is 0 Å². The van der Waals surface area contributed by atoms with Crippen molar-refractivity contribution in [2.75, 3.05) is 13.2 Å². The molecule has 0 radical (unpaired) electrons. The predicted molar refractivity (Wildman–Crippen MR) is 321 cm³/mol. The first-order valence-corrected chi connectivity index (χ1v) is 32.3. The van der Waals surface area contributed by atoms with E-state index in [1.165, 1.54) is 212 Å². The normalized spacial score (nSPS) is 12.4. The van der Waals surface area contributed by atoms with Gasteiger partial charge in [0.15, 0.2) is 6.10 Å². The maximum atomic E-state index is 12.8. The van der Waals surface area contributed by atoms with E-state index >= 15 is 0 Å². The summed E-state index contributed by atoms with van der Waals surface area (Å²) in [6.07, 6.45) is 79.7. The van der Waals surface area contributed by atoms with Gasteiger partial charge in [-0.15, -0.1) is 0 Å². The minimum absolute atomic E-state index is 0.0743. The van der Waals surface area contributed by atoms with E-state index in [1.807, 2.05) is 0 Å². The Kier molecular flexibility index (Phi) is 60.2. The maximum Gasteiger partial charge on any atom is 0.306 e. The molecule has 0 fully saturated rings. The molecule has 6 nitrogen and oxygen atoms in total. The smallest absolute Gasteiger partial charge is 0.306 e. The third-order valence-electron chi connectivity index (χ3n) is 14.2. The number of carbonyl (C=O) groups excluding carboxylic acids is 3. The van der Waals surface area contributed by atoms with Crippen molar-refractivity contribution in [3.63, 3.8) is 0 Å². The van der Waals surface area contributed by atoms with Gasteiger partial charge < -0.3 is 14.2 Å². The zero-order valence-electron chi connectivity index (χ0n) is 49.4. The summed E-state index contributed by atoms with van der Waals surface area (Å²) in [6, 6.07) is 0. The highest BCUT2D eigenvalue weighted by Gasteiger charge is 2.19. The molecule has 0 heterocycles. The zero-order valence-corrected chi connectivity index (χ0v) is 49.4. The summed E-state index contributed by atoms with van der Waals surface area (Å²) in [5, 5.41) is 0. The standard InChI is InChI=1S/C68H122O6/c1-4-7-10-13-16-18-20-22-24-26-28-29-30-31-32-33-34-35-36-37-38-39-40-42-43-45-47-49-52-55-58-61-67(70)73-64-65(63-72-66(69)60-57-54-51-15-12-9-6-3)74-68(71)62-59-56-53-50-48-46-44-41-27-25-23-21-19-17-14-11-8-5-2/h19-22,25-28,30-31,65H,4-18,23-24,29,32-64H2,1-3H3/b21-19-,22-20-,27-25-,28-26-,31-30-. The molecule has 0 aromatic carbocycles. The van der Waals surface area contributed by atoms with Crippen molar-refractivity contribution in [2.45, 2.75) is 341 Å². The third-order valence-corrected chi connectivity index (χ3v) is 14.2. The second-order valence-electron chi connectivity index (χ2n) is 21.7. The molecule has 0 bridgehead atoms. The van der Waals surface area contributed by atoms with Crippen LogP contribution in [0.1, 0.15) is 335 Å². The maximum absolute atomic E-state index is 12.8. The van der Waals surface area contributed by atoms with Gasteiger partial charge in [-0.2, -0.15) is 0 Å². The van der Waals surface area contributed by atoms with Crippen LogP contribution in [-0.4, -0.2) is 37.2 Å². The lowest BCUT2D eigenvalue weighted by Gasteiger charge is -2.18. The minimum atomic E-state index is -0.774. The van der Waals surface area contributed by atoms with Gasteiger partial charge in [0, 0.05) is 19.3 Å². The van der Waals surface area contributed by atoms with E-state index in [2.05, 4.69) is 81.5 Å². The van der Waals surface area contributed by atoms with Crippen LogP contribution in [0.4, 0.5) is 0 Å². The molecular weight excluding hydrogens is 913 g/mol. The Bertz CT molecular complexity index is 1330. The van der Waals surface area contributed by atoms with Crippen LogP contribution in [0.5, 0.6) is 0 Å². The number of unbranched alkanes of at least 4 members (excludes halogenated alkanes) is 38. The molecule has 430 valence electrons. The quantitative estimate of drug-likeness (QED) is 0.0261. The fourth-order valence-corrected chi connectivity index (χ4v) is 9.36. The van der Waals surface area contributed by atoms with Crippen LogP contribution in [0.15, 0.2) is 60.8 Å². The van der Waals surface area contributed by atoms with Gasteiger partial charge in [-0.1, -0.05) is 287 Å². The van der Waals surface area contributed by atoms with Gasteiger partial charge in [0.05, 0.1) is 0 Å². The Labute approximate surface area is 460 Å². The van der Waals surface area contributed by atoms with Crippen molar-refractivity contribution >= 4 is 17.9 Å². The van der Waals surface area contributed by atoms with Gasteiger partial charge in [-0.3, -0.25) is 14.4 Å². The molecule has 74 heavy (non-hydrogen) atoms. The van der Waals surface area contributed by atoms with E-state index in [9.17, 15) is 14.4 Å². The Morgan fingerprint density at radius 3 is 0.770 bits per heavy atom. The molecule has 0 aromatic heterocycles. The summed E-state index contributed by atoms with van der Waals surface area (Å²) in [7, 11) is 0. The molecule has 0 aliphatic rings. The molecule has 0 rings (SSSR count). The zero-order chi connectivity index (χ0) is 53.6. The SMILES string of the molecule is CCCCCC/C=C\C/C=C\CCCCCCCCCC(=O)OC(COC(=O)CCCCCCCCC)COC(=O)CCCCCCCCCCCCCCCCCC/C=C\C/C=C\C/C=C\CCCCCCC. The van der Waals surface area contributed by atoms with Gasteiger partial charge in [-0.25, -0.2) is 0 Å². The number of carbonyl (C=O) groups is 3. The molecule has 1 atom stereocenters. The lowest BCUT2D eigenvalue weighted by Crippen LogP contribution is -2.30. The van der Waals surface area contributed by atoms with Crippen LogP contribution in [-0.2, 0) is 28.6 Å². The molecule has 1 unspecified atom stereocenters. The Morgan fingerprint density at radius 2 is 0.486 bits per heavy atom.